The van der Waals surface area contributed by atoms with Gasteiger partial charge in [0.15, 0.2) is 5.60 Å². The SMILES string of the molecule is CCOc1ccccc1-n1nc(COC(C)(C)C(=O)OC)cc1-c1cccc(OC2CC2)c1. The highest BCUT2D eigenvalue weighted by atomic mass is 16.6. The molecular formula is C26H30N2O5. The van der Waals surface area contributed by atoms with Gasteiger partial charge in [-0.3, -0.25) is 0 Å². The Balaban J connectivity index is 1.72. The van der Waals surface area contributed by atoms with Crippen LogP contribution in [0.4, 0.5) is 0 Å². The van der Waals surface area contributed by atoms with Gasteiger partial charge in [0.1, 0.15) is 17.2 Å². The van der Waals surface area contributed by atoms with Gasteiger partial charge in [-0.15, -0.1) is 0 Å². The lowest BCUT2D eigenvalue weighted by molar-refractivity contribution is -0.166. The predicted molar refractivity (Wildman–Crippen MR) is 125 cm³/mol. The highest BCUT2D eigenvalue weighted by Gasteiger charge is 2.30. The fourth-order valence-electron chi connectivity index (χ4n) is 3.47. The number of aromatic nitrogens is 2. The summed E-state index contributed by atoms with van der Waals surface area (Å²) >= 11 is 0. The van der Waals surface area contributed by atoms with Crippen LogP contribution in [-0.2, 0) is 20.9 Å². The van der Waals surface area contributed by atoms with Crippen molar-refractivity contribution in [2.75, 3.05) is 13.7 Å². The number of nitrogens with zero attached hydrogens (tertiary/aromatic N) is 2. The van der Waals surface area contributed by atoms with E-state index in [9.17, 15) is 4.79 Å². The van der Waals surface area contributed by atoms with E-state index in [1.54, 1.807) is 13.8 Å². The Morgan fingerprint density at radius 2 is 1.91 bits per heavy atom. The Bertz CT molecular complexity index is 1120. The Kier molecular flexibility index (Phi) is 6.70. The Labute approximate surface area is 194 Å². The van der Waals surface area contributed by atoms with Crippen LogP contribution in [0.3, 0.4) is 0 Å². The van der Waals surface area contributed by atoms with Gasteiger partial charge < -0.3 is 18.9 Å². The highest BCUT2D eigenvalue weighted by Crippen LogP contribution is 2.33. The molecule has 174 valence electrons. The third kappa shape index (κ3) is 5.37. The third-order valence-electron chi connectivity index (χ3n) is 5.37. The molecule has 1 fully saturated rings. The highest BCUT2D eigenvalue weighted by molar-refractivity contribution is 5.78. The number of para-hydroxylation sites is 2. The van der Waals surface area contributed by atoms with Crippen molar-refractivity contribution in [3.8, 4) is 28.4 Å². The first-order valence-electron chi connectivity index (χ1n) is 11.2. The third-order valence-corrected chi connectivity index (χ3v) is 5.37. The molecule has 1 aromatic heterocycles. The molecule has 0 bridgehead atoms. The molecule has 1 aliphatic carbocycles. The van der Waals surface area contributed by atoms with E-state index >= 15 is 0 Å². The Hall–Kier alpha value is -3.32. The predicted octanol–water partition coefficient (Wildman–Crippen LogP) is 4.95. The largest absolute Gasteiger partial charge is 0.492 e. The van der Waals surface area contributed by atoms with E-state index in [0.717, 1.165) is 41.3 Å². The summed E-state index contributed by atoms with van der Waals surface area (Å²) in [5.74, 6) is 1.14. The molecule has 0 atom stereocenters. The zero-order valence-corrected chi connectivity index (χ0v) is 19.5. The summed E-state index contributed by atoms with van der Waals surface area (Å²) in [6.45, 7) is 6.01. The van der Waals surface area contributed by atoms with Crippen molar-refractivity contribution >= 4 is 5.97 Å². The average Bonchev–Trinajstić information content (AvgIpc) is 3.53. The Morgan fingerprint density at radius 3 is 2.64 bits per heavy atom. The van der Waals surface area contributed by atoms with E-state index in [1.165, 1.54) is 7.11 Å². The molecule has 0 aliphatic heterocycles. The van der Waals surface area contributed by atoms with E-state index in [4.69, 9.17) is 24.0 Å². The van der Waals surface area contributed by atoms with Crippen molar-refractivity contribution in [3.63, 3.8) is 0 Å². The normalized spacial score (nSPS) is 13.6. The number of rotatable bonds is 10. The van der Waals surface area contributed by atoms with Gasteiger partial charge in [-0.1, -0.05) is 24.3 Å². The summed E-state index contributed by atoms with van der Waals surface area (Å²) in [4.78, 5) is 12.0. The van der Waals surface area contributed by atoms with Gasteiger partial charge in [0.05, 0.1) is 37.8 Å². The zero-order chi connectivity index (χ0) is 23.4. The van der Waals surface area contributed by atoms with Crippen LogP contribution < -0.4 is 9.47 Å². The number of methoxy groups -OCH3 is 1. The molecule has 0 amide bonds. The minimum absolute atomic E-state index is 0.150. The molecule has 0 saturated heterocycles. The van der Waals surface area contributed by atoms with Gasteiger partial charge in [0.2, 0.25) is 0 Å². The van der Waals surface area contributed by atoms with E-state index < -0.39 is 11.6 Å². The van der Waals surface area contributed by atoms with Crippen molar-refractivity contribution in [3.05, 3.63) is 60.3 Å². The minimum atomic E-state index is -1.08. The van der Waals surface area contributed by atoms with E-state index in [2.05, 4.69) is 0 Å². The molecule has 4 rings (SSSR count). The summed E-state index contributed by atoms with van der Waals surface area (Å²) in [6.07, 6.45) is 2.51. The summed E-state index contributed by atoms with van der Waals surface area (Å²) in [5, 5.41) is 4.81. The van der Waals surface area contributed by atoms with Crippen LogP contribution in [0.1, 0.15) is 39.3 Å². The second-order valence-electron chi connectivity index (χ2n) is 8.47. The van der Waals surface area contributed by atoms with Gasteiger partial charge in [-0.25, -0.2) is 9.48 Å². The van der Waals surface area contributed by atoms with E-state index in [1.807, 2.05) is 66.2 Å². The van der Waals surface area contributed by atoms with Gasteiger partial charge in [-0.2, -0.15) is 5.10 Å². The first-order chi connectivity index (χ1) is 15.9. The monoisotopic (exact) mass is 450 g/mol. The fourth-order valence-corrected chi connectivity index (χ4v) is 3.47. The van der Waals surface area contributed by atoms with E-state index in [0.29, 0.717) is 18.4 Å². The number of benzene rings is 2. The first kappa shape index (κ1) is 22.9. The molecule has 33 heavy (non-hydrogen) atoms. The molecule has 3 aromatic rings. The molecular weight excluding hydrogens is 420 g/mol. The van der Waals surface area contributed by atoms with Crippen molar-refractivity contribution < 1.29 is 23.7 Å². The number of hydrogen-bond donors (Lipinski definition) is 0. The quantitative estimate of drug-likeness (QED) is 0.407. The molecule has 0 unspecified atom stereocenters. The van der Waals surface area contributed by atoms with Gasteiger partial charge >= 0.3 is 5.97 Å². The smallest absolute Gasteiger partial charge is 0.337 e. The standard InChI is InChI=1S/C26H30N2O5/c1-5-31-24-12-7-6-11-22(24)28-23(18-9-8-10-21(15-18)33-20-13-14-20)16-19(27-28)17-32-26(2,3)25(29)30-4/h6-12,15-16,20H,5,13-14,17H2,1-4H3. The maximum atomic E-state index is 12.0. The molecule has 1 saturated carbocycles. The molecule has 0 spiro atoms. The molecule has 0 N–H and O–H groups in total. The summed E-state index contributed by atoms with van der Waals surface area (Å²) < 4.78 is 24.4. The van der Waals surface area contributed by atoms with Crippen molar-refractivity contribution in [2.24, 2.45) is 0 Å². The number of ether oxygens (including phenoxy) is 4. The van der Waals surface area contributed by atoms with Crippen LogP contribution in [0.5, 0.6) is 11.5 Å². The summed E-state index contributed by atoms with van der Waals surface area (Å²) in [6, 6.07) is 17.7. The van der Waals surface area contributed by atoms with Crippen LogP contribution >= 0.6 is 0 Å². The first-order valence-corrected chi connectivity index (χ1v) is 11.2. The molecule has 1 aliphatic rings. The van der Waals surface area contributed by atoms with Gasteiger partial charge in [-0.05, 0) is 63.9 Å². The second-order valence-corrected chi connectivity index (χ2v) is 8.47. The average molecular weight is 451 g/mol. The van der Waals surface area contributed by atoms with Crippen molar-refractivity contribution in [1.29, 1.82) is 0 Å². The van der Waals surface area contributed by atoms with Crippen molar-refractivity contribution in [2.45, 2.75) is 51.9 Å². The van der Waals surface area contributed by atoms with Crippen LogP contribution in [0.2, 0.25) is 0 Å². The van der Waals surface area contributed by atoms with Crippen LogP contribution in [0.25, 0.3) is 16.9 Å². The molecule has 0 radical (unpaired) electrons. The minimum Gasteiger partial charge on any atom is -0.492 e. The Morgan fingerprint density at radius 1 is 1.12 bits per heavy atom. The molecule has 7 nitrogen and oxygen atoms in total. The number of carbonyl (C=O) groups is 1. The lowest BCUT2D eigenvalue weighted by Gasteiger charge is -2.21. The maximum absolute atomic E-state index is 12.0. The van der Waals surface area contributed by atoms with Gasteiger partial charge in [0.25, 0.3) is 0 Å². The maximum Gasteiger partial charge on any atom is 0.337 e. The number of esters is 1. The number of carbonyl (C=O) groups excluding carboxylic acids is 1. The van der Waals surface area contributed by atoms with Crippen LogP contribution in [0.15, 0.2) is 54.6 Å². The lowest BCUT2D eigenvalue weighted by atomic mass is 10.1. The fraction of sp³-hybridized carbons (Fsp3) is 0.385. The van der Waals surface area contributed by atoms with Crippen LogP contribution in [-0.4, -0.2) is 41.2 Å². The van der Waals surface area contributed by atoms with Crippen molar-refractivity contribution in [1.82, 2.24) is 9.78 Å². The zero-order valence-electron chi connectivity index (χ0n) is 19.5. The topological polar surface area (TPSA) is 71.8 Å². The summed E-state index contributed by atoms with van der Waals surface area (Å²) in [5.41, 5.74) is 2.26. The summed E-state index contributed by atoms with van der Waals surface area (Å²) in [7, 11) is 1.35. The second kappa shape index (κ2) is 9.67. The number of hydrogen-bond acceptors (Lipinski definition) is 6. The molecule has 2 aromatic carbocycles. The molecule has 7 heteroatoms. The molecule has 1 heterocycles. The van der Waals surface area contributed by atoms with Gasteiger partial charge in [0, 0.05) is 5.56 Å². The lowest BCUT2D eigenvalue weighted by Crippen LogP contribution is -2.35. The van der Waals surface area contributed by atoms with E-state index in [-0.39, 0.29) is 6.61 Å². The van der Waals surface area contributed by atoms with Crippen LogP contribution in [0, 0.1) is 0 Å².